The number of benzene rings is 1. The highest BCUT2D eigenvalue weighted by Gasteiger charge is 2.14. The van der Waals surface area contributed by atoms with E-state index in [9.17, 15) is 4.79 Å². The van der Waals surface area contributed by atoms with Gasteiger partial charge in [0.05, 0.1) is 6.54 Å². The molecule has 2 aromatic rings. The minimum Gasteiger partial charge on any atom is -0.357 e. The third-order valence-electron chi connectivity index (χ3n) is 5.66. The van der Waals surface area contributed by atoms with Crippen LogP contribution in [-0.2, 0) is 17.9 Å². The van der Waals surface area contributed by atoms with Crippen LogP contribution in [0.3, 0.4) is 0 Å². The predicted octanol–water partition coefficient (Wildman–Crippen LogP) is 2.70. The SMILES string of the molecule is CCNC(=NCc1cccc(NC(=O)Cn2cccn2)c1)NCCCN1CCC(C)CC1. The number of aromatic nitrogens is 2. The van der Waals surface area contributed by atoms with Crippen molar-refractivity contribution in [2.75, 3.05) is 38.0 Å². The number of rotatable bonds is 10. The Labute approximate surface area is 191 Å². The van der Waals surface area contributed by atoms with Gasteiger partial charge in [-0.2, -0.15) is 5.10 Å². The highest BCUT2D eigenvalue weighted by Crippen LogP contribution is 2.15. The van der Waals surface area contributed by atoms with Crippen LogP contribution < -0.4 is 16.0 Å². The molecule has 1 saturated heterocycles. The number of anilines is 1. The zero-order valence-corrected chi connectivity index (χ0v) is 19.4. The first-order chi connectivity index (χ1) is 15.6. The van der Waals surface area contributed by atoms with Gasteiger partial charge in [0.15, 0.2) is 5.96 Å². The fourth-order valence-corrected chi connectivity index (χ4v) is 3.80. The van der Waals surface area contributed by atoms with Crippen LogP contribution in [0.5, 0.6) is 0 Å². The van der Waals surface area contributed by atoms with Gasteiger partial charge in [-0.05, 0) is 75.5 Å². The van der Waals surface area contributed by atoms with Gasteiger partial charge in [-0.1, -0.05) is 19.1 Å². The average molecular weight is 440 g/mol. The minimum atomic E-state index is -0.104. The van der Waals surface area contributed by atoms with Crippen LogP contribution in [0.15, 0.2) is 47.7 Å². The zero-order chi connectivity index (χ0) is 22.6. The summed E-state index contributed by atoms with van der Waals surface area (Å²) < 4.78 is 1.60. The van der Waals surface area contributed by atoms with E-state index < -0.39 is 0 Å². The van der Waals surface area contributed by atoms with Gasteiger partial charge in [0.1, 0.15) is 6.54 Å². The van der Waals surface area contributed by atoms with Crippen LogP contribution in [0.4, 0.5) is 5.69 Å². The molecule has 1 aromatic carbocycles. The number of amides is 1. The van der Waals surface area contributed by atoms with Gasteiger partial charge in [0.25, 0.3) is 0 Å². The molecule has 32 heavy (non-hydrogen) atoms. The smallest absolute Gasteiger partial charge is 0.246 e. The largest absolute Gasteiger partial charge is 0.357 e. The fraction of sp³-hybridized carbons (Fsp3) is 0.542. The number of carbonyl (C=O) groups is 1. The molecule has 0 spiro atoms. The average Bonchev–Trinajstić information content (AvgIpc) is 3.29. The summed E-state index contributed by atoms with van der Waals surface area (Å²) in [6.07, 6.45) is 7.18. The number of hydrogen-bond acceptors (Lipinski definition) is 4. The second kappa shape index (κ2) is 12.9. The van der Waals surface area contributed by atoms with Crippen molar-refractivity contribution >= 4 is 17.6 Å². The van der Waals surface area contributed by atoms with Gasteiger partial charge >= 0.3 is 0 Å². The molecule has 1 aliphatic rings. The van der Waals surface area contributed by atoms with Crippen molar-refractivity contribution < 1.29 is 4.79 Å². The molecule has 1 aromatic heterocycles. The molecule has 0 saturated carbocycles. The first-order valence-corrected chi connectivity index (χ1v) is 11.7. The molecule has 0 bridgehead atoms. The zero-order valence-electron chi connectivity index (χ0n) is 19.4. The van der Waals surface area contributed by atoms with Crippen LogP contribution in [0, 0.1) is 5.92 Å². The summed E-state index contributed by atoms with van der Waals surface area (Å²) in [5.74, 6) is 1.60. The topological polar surface area (TPSA) is 86.6 Å². The van der Waals surface area contributed by atoms with Crippen molar-refractivity contribution in [1.82, 2.24) is 25.3 Å². The van der Waals surface area contributed by atoms with Crippen molar-refractivity contribution in [3.63, 3.8) is 0 Å². The molecule has 1 fully saturated rings. The molecule has 3 rings (SSSR count). The van der Waals surface area contributed by atoms with Crippen LogP contribution in [0.1, 0.15) is 38.7 Å². The number of guanidine groups is 1. The normalized spacial score (nSPS) is 15.5. The lowest BCUT2D eigenvalue weighted by atomic mass is 9.99. The number of hydrogen-bond donors (Lipinski definition) is 3. The Hall–Kier alpha value is -2.87. The van der Waals surface area contributed by atoms with E-state index in [1.165, 1.54) is 25.9 Å². The Bertz CT molecular complexity index is 842. The monoisotopic (exact) mass is 439 g/mol. The maximum absolute atomic E-state index is 12.2. The van der Waals surface area contributed by atoms with Crippen molar-refractivity contribution in [2.45, 2.75) is 46.2 Å². The molecule has 0 aliphatic carbocycles. The molecule has 1 aliphatic heterocycles. The molecule has 174 valence electrons. The third kappa shape index (κ3) is 8.34. The summed E-state index contributed by atoms with van der Waals surface area (Å²) in [6, 6.07) is 9.61. The summed E-state index contributed by atoms with van der Waals surface area (Å²) >= 11 is 0. The molecule has 1 amide bonds. The van der Waals surface area contributed by atoms with E-state index in [-0.39, 0.29) is 12.5 Å². The van der Waals surface area contributed by atoms with Gasteiger partial charge in [0, 0.05) is 31.2 Å². The number of piperidine rings is 1. The Balaban J connectivity index is 1.44. The number of nitrogens with one attached hydrogen (secondary N) is 3. The van der Waals surface area contributed by atoms with Crippen molar-refractivity contribution in [3.05, 3.63) is 48.3 Å². The second-order valence-electron chi connectivity index (χ2n) is 8.45. The van der Waals surface area contributed by atoms with Gasteiger partial charge in [-0.15, -0.1) is 0 Å². The highest BCUT2D eigenvalue weighted by molar-refractivity contribution is 5.90. The van der Waals surface area contributed by atoms with E-state index in [1.54, 1.807) is 23.1 Å². The molecule has 8 nitrogen and oxygen atoms in total. The van der Waals surface area contributed by atoms with E-state index in [1.807, 2.05) is 24.3 Å². The molecule has 0 atom stereocenters. The Morgan fingerprint density at radius 1 is 1.22 bits per heavy atom. The van der Waals surface area contributed by atoms with Crippen molar-refractivity contribution in [3.8, 4) is 0 Å². The minimum absolute atomic E-state index is 0.104. The summed E-state index contributed by atoms with van der Waals surface area (Å²) in [4.78, 5) is 19.5. The molecular weight excluding hydrogens is 402 g/mol. The fourth-order valence-electron chi connectivity index (χ4n) is 3.80. The molecule has 3 N–H and O–H groups in total. The van der Waals surface area contributed by atoms with E-state index in [0.29, 0.717) is 6.54 Å². The quantitative estimate of drug-likeness (QED) is 0.301. The van der Waals surface area contributed by atoms with Gasteiger partial charge < -0.3 is 20.9 Å². The maximum atomic E-state index is 12.2. The van der Waals surface area contributed by atoms with E-state index in [2.05, 4.69) is 39.8 Å². The first kappa shape index (κ1) is 23.8. The van der Waals surface area contributed by atoms with E-state index in [0.717, 1.165) is 49.2 Å². The molecule has 0 unspecified atom stereocenters. The van der Waals surface area contributed by atoms with Crippen LogP contribution in [-0.4, -0.2) is 59.3 Å². The lowest BCUT2D eigenvalue weighted by Gasteiger charge is -2.30. The Morgan fingerprint density at radius 3 is 2.81 bits per heavy atom. The van der Waals surface area contributed by atoms with Crippen LogP contribution >= 0.6 is 0 Å². The van der Waals surface area contributed by atoms with E-state index >= 15 is 0 Å². The van der Waals surface area contributed by atoms with Gasteiger partial charge in [0.2, 0.25) is 5.91 Å². The second-order valence-corrected chi connectivity index (χ2v) is 8.45. The molecule has 2 heterocycles. The van der Waals surface area contributed by atoms with Crippen molar-refractivity contribution in [2.24, 2.45) is 10.9 Å². The summed E-state index contributed by atoms with van der Waals surface area (Å²) in [5.41, 5.74) is 1.81. The summed E-state index contributed by atoms with van der Waals surface area (Å²) in [7, 11) is 0. The standard InChI is InChI=1S/C24H37N7O/c1-3-25-24(26-11-5-13-30-15-9-20(2)10-16-30)27-18-21-7-4-8-22(17-21)29-23(32)19-31-14-6-12-28-31/h4,6-8,12,14,17,20H,3,5,9-11,13,15-16,18-19H2,1-2H3,(H,29,32)(H2,25,26,27). The summed E-state index contributed by atoms with van der Waals surface area (Å²) in [6.45, 7) is 10.5. The lowest BCUT2D eigenvalue weighted by molar-refractivity contribution is -0.116. The third-order valence-corrected chi connectivity index (χ3v) is 5.66. The van der Waals surface area contributed by atoms with Crippen LogP contribution in [0.2, 0.25) is 0 Å². The lowest BCUT2D eigenvalue weighted by Crippen LogP contribution is -2.39. The number of likely N-dealkylation sites (tertiary alicyclic amines) is 1. The number of carbonyl (C=O) groups excluding carboxylic acids is 1. The van der Waals surface area contributed by atoms with Crippen LogP contribution in [0.25, 0.3) is 0 Å². The molecule has 8 heteroatoms. The van der Waals surface area contributed by atoms with E-state index in [4.69, 9.17) is 4.99 Å². The number of nitrogens with zero attached hydrogens (tertiary/aromatic N) is 4. The summed E-state index contributed by atoms with van der Waals surface area (Å²) in [5, 5.41) is 13.7. The Kier molecular flexibility index (Phi) is 9.56. The Morgan fingerprint density at radius 2 is 2.06 bits per heavy atom. The van der Waals surface area contributed by atoms with Gasteiger partial charge in [-0.25, -0.2) is 4.99 Å². The first-order valence-electron chi connectivity index (χ1n) is 11.7. The maximum Gasteiger partial charge on any atom is 0.246 e. The highest BCUT2D eigenvalue weighted by atomic mass is 16.2. The molecule has 0 radical (unpaired) electrons. The predicted molar refractivity (Wildman–Crippen MR) is 130 cm³/mol. The number of aliphatic imine (C=N–C) groups is 1. The molecular formula is C24H37N7O. The van der Waals surface area contributed by atoms with Gasteiger partial charge in [-0.3, -0.25) is 9.48 Å². The van der Waals surface area contributed by atoms with Crippen molar-refractivity contribution in [1.29, 1.82) is 0 Å².